The Bertz CT molecular complexity index is 185. The molecule has 1 aliphatic heterocycles. The van der Waals surface area contributed by atoms with Gasteiger partial charge < -0.3 is 5.11 Å². The maximum atomic E-state index is 10.2. The Balaban J connectivity index is 2.61. The molecule has 3 nitrogen and oxygen atoms in total. The predicted molar refractivity (Wildman–Crippen MR) is 36.4 cm³/mol. The number of aliphatic carboxylic acids is 1. The molecule has 0 amide bonds. The van der Waals surface area contributed by atoms with Gasteiger partial charge in [-0.25, -0.2) is 9.19 Å². The molecule has 9 heavy (non-hydrogen) atoms. The lowest BCUT2D eigenvalue weighted by atomic mass is 10.4. The molecule has 0 unspecified atom stereocenters. The Kier molecular flexibility index (Phi) is 1.89. The third kappa shape index (κ3) is 1.57. The number of hydrogen-bond acceptors (Lipinski definition) is 3. The minimum Gasteiger partial charge on any atom is -0.477 e. The van der Waals surface area contributed by atoms with Crippen molar-refractivity contribution in [3.05, 3.63) is 11.0 Å². The number of nitrogens with zero attached hydrogens (tertiary/aromatic N) is 1. The van der Waals surface area contributed by atoms with Gasteiger partial charge in [0.2, 0.25) is 0 Å². The molecule has 1 rings (SSSR count). The van der Waals surface area contributed by atoms with E-state index in [2.05, 4.69) is 4.40 Å². The molecule has 0 atom stereocenters. The average Bonchev–Trinajstić information content (AvgIpc) is 1.90. The second-order valence-electron chi connectivity index (χ2n) is 1.49. The normalized spacial score (nSPS) is 17.1. The average molecular weight is 143 g/mol. The first kappa shape index (κ1) is 6.35. The van der Waals surface area contributed by atoms with E-state index in [-0.39, 0.29) is 0 Å². The summed E-state index contributed by atoms with van der Waals surface area (Å²) >= 11 is 1.00. The number of carboxylic acid groups (broad SMARTS) is 1. The number of carbonyl (C=O) groups is 1. The lowest BCUT2D eigenvalue weighted by Crippen LogP contribution is -1.97. The van der Waals surface area contributed by atoms with E-state index in [9.17, 15) is 4.79 Å². The quantitative estimate of drug-likeness (QED) is 0.559. The highest BCUT2D eigenvalue weighted by Crippen LogP contribution is 2.19. The van der Waals surface area contributed by atoms with Gasteiger partial charge in [0.15, 0.2) is 0 Å². The maximum Gasteiger partial charge on any atom is 0.343 e. The van der Waals surface area contributed by atoms with Crippen LogP contribution in [0, 0.1) is 0 Å². The molecule has 0 bridgehead atoms. The zero-order valence-electron chi connectivity index (χ0n) is 4.57. The molecule has 0 spiro atoms. The van der Waals surface area contributed by atoms with Crippen molar-refractivity contribution in [2.45, 2.75) is 6.42 Å². The Labute approximate surface area is 56.6 Å². The van der Waals surface area contributed by atoms with Crippen molar-refractivity contribution in [3.8, 4) is 0 Å². The van der Waals surface area contributed by atoms with E-state index in [0.29, 0.717) is 11.3 Å². The van der Waals surface area contributed by atoms with Crippen molar-refractivity contribution in [1.29, 1.82) is 0 Å². The van der Waals surface area contributed by atoms with Crippen LogP contribution in [-0.2, 0) is 4.79 Å². The van der Waals surface area contributed by atoms with E-state index in [1.165, 1.54) is 0 Å². The zero-order valence-corrected chi connectivity index (χ0v) is 5.39. The molecule has 48 valence electrons. The van der Waals surface area contributed by atoms with Crippen LogP contribution in [0.3, 0.4) is 0 Å². The lowest BCUT2D eigenvalue weighted by molar-refractivity contribution is -0.131. The van der Waals surface area contributed by atoms with Gasteiger partial charge in [0.1, 0.15) is 4.91 Å². The van der Waals surface area contributed by atoms with Crippen molar-refractivity contribution < 1.29 is 9.90 Å². The molecule has 0 aromatic carbocycles. The van der Waals surface area contributed by atoms with Crippen LogP contribution in [-0.4, -0.2) is 17.3 Å². The molecule has 0 fully saturated rings. The molecule has 0 saturated carbocycles. The first-order valence-corrected chi connectivity index (χ1v) is 3.20. The van der Waals surface area contributed by atoms with Crippen molar-refractivity contribution in [2.24, 2.45) is 4.40 Å². The molecule has 0 saturated heterocycles. The number of allylic oxidation sites excluding steroid dienone is 1. The van der Waals surface area contributed by atoms with E-state index >= 15 is 0 Å². The summed E-state index contributed by atoms with van der Waals surface area (Å²) in [5.74, 6) is -0.892. The Morgan fingerprint density at radius 3 is 3.00 bits per heavy atom. The first-order valence-electron chi connectivity index (χ1n) is 2.43. The zero-order chi connectivity index (χ0) is 6.69. The third-order valence-corrected chi connectivity index (χ3v) is 1.64. The summed E-state index contributed by atoms with van der Waals surface area (Å²) in [6, 6.07) is 0. The fourth-order valence-electron chi connectivity index (χ4n) is 0.460. The van der Waals surface area contributed by atoms with Gasteiger partial charge in [0.05, 0.1) is 0 Å². The van der Waals surface area contributed by atoms with E-state index in [1.54, 1.807) is 12.3 Å². The highest BCUT2D eigenvalue weighted by Gasteiger charge is 2.07. The topological polar surface area (TPSA) is 49.7 Å². The molecule has 0 aromatic heterocycles. The van der Waals surface area contributed by atoms with Crippen molar-refractivity contribution in [1.82, 2.24) is 0 Å². The molecular weight excluding hydrogens is 138 g/mol. The SMILES string of the molecule is O=C(O)C1=CCC=NS1. The molecule has 0 radical (unpaired) electrons. The summed E-state index contributed by atoms with van der Waals surface area (Å²) in [6.07, 6.45) is 3.95. The van der Waals surface area contributed by atoms with Gasteiger partial charge in [-0.1, -0.05) is 6.08 Å². The van der Waals surface area contributed by atoms with Crippen molar-refractivity contribution in [3.63, 3.8) is 0 Å². The summed E-state index contributed by atoms with van der Waals surface area (Å²) in [6.45, 7) is 0. The Morgan fingerprint density at radius 1 is 1.89 bits per heavy atom. The second-order valence-corrected chi connectivity index (χ2v) is 2.32. The smallest absolute Gasteiger partial charge is 0.343 e. The second kappa shape index (κ2) is 2.68. The molecule has 1 aliphatic rings. The highest BCUT2D eigenvalue weighted by atomic mass is 32.2. The lowest BCUT2D eigenvalue weighted by Gasteiger charge is -1.98. The van der Waals surface area contributed by atoms with Crippen LogP contribution in [0.4, 0.5) is 0 Å². The molecule has 4 heteroatoms. The summed E-state index contributed by atoms with van der Waals surface area (Å²) in [5.41, 5.74) is 0. The molecule has 0 aromatic rings. The monoisotopic (exact) mass is 143 g/mol. The fourth-order valence-corrected chi connectivity index (χ4v) is 0.983. The summed E-state index contributed by atoms with van der Waals surface area (Å²) in [5, 5.41) is 8.38. The third-order valence-electron chi connectivity index (χ3n) is 0.845. The van der Waals surface area contributed by atoms with Crippen LogP contribution in [0.15, 0.2) is 15.4 Å². The van der Waals surface area contributed by atoms with Gasteiger partial charge in [-0.2, -0.15) is 0 Å². The first-order chi connectivity index (χ1) is 4.30. The summed E-state index contributed by atoms with van der Waals surface area (Å²) < 4.78 is 3.72. The molecule has 1 heterocycles. The van der Waals surface area contributed by atoms with Gasteiger partial charge in [-0.3, -0.25) is 0 Å². The van der Waals surface area contributed by atoms with Crippen LogP contribution < -0.4 is 0 Å². The van der Waals surface area contributed by atoms with Gasteiger partial charge in [-0.15, -0.1) is 0 Å². The van der Waals surface area contributed by atoms with Gasteiger partial charge >= 0.3 is 5.97 Å². The maximum absolute atomic E-state index is 10.2. The van der Waals surface area contributed by atoms with Crippen LogP contribution in [0.1, 0.15) is 6.42 Å². The van der Waals surface area contributed by atoms with Gasteiger partial charge in [0, 0.05) is 24.6 Å². The van der Waals surface area contributed by atoms with E-state index in [0.717, 1.165) is 11.9 Å². The van der Waals surface area contributed by atoms with Crippen LogP contribution >= 0.6 is 11.9 Å². The Morgan fingerprint density at radius 2 is 2.67 bits per heavy atom. The summed E-state index contributed by atoms with van der Waals surface area (Å²) in [4.78, 5) is 10.5. The fraction of sp³-hybridized carbons (Fsp3) is 0.200. The van der Waals surface area contributed by atoms with Gasteiger partial charge in [-0.05, 0) is 0 Å². The van der Waals surface area contributed by atoms with E-state index < -0.39 is 5.97 Å². The number of carboxylic acids is 1. The number of hydrogen-bond donors (Lipinski definition) is 1. The van der Waals surface area contributed by atoms with Crippen molar-refractivity contribution in [2.75, 3.05) is 0 Å². The molecule has 0 aliphatic carbocycles. The van der Waals surface area contributed by atoms with Crippen molar-refractivity contribution >= 4 is 24.1 Å². The standard InChI is InChI=1S/C5H5NO2S/c7-5(8)4-2-1-3-6-9-4/h2-3H,1H2,(H,7,8). The van der Waals surface area contributed by atoms with Gasteiger partial charge in [0.25, 0.3) is 0 Å². The highest BCUT2D eigenvalue weighted by molar-refractivity contribution is 8.02. The van der Waals surface area contributed by atoms with Crippen LogP contribution in [0.5, 0.6) is 0 Å². The van der Waals surface area contributed by atoms with E-state index in [4.69, 9.17) is 5.11 Å². The summed E-state index contributed by atoms with van der Waals surface area (Å²) in [7, 11) is 0. The van der Waals surface area contributed by atoms with Crippen LogP contribution in [0.25, 0.3) is 0 Å². The minimum absolute atomic E-state index is 0.317. The Hall–Kier alpha value is -0.770. The minimum atomic E-state index is -0.892. The largest absolute Gasteiger partial charge is 0.477 e. The molecule has 1 N–H and O–H groups in total. The van der Waals surface area contributed by atoms with E-state index in [1.807, 2.05) is 0 Å². The molecular formula is C5H5NO2S. The van der Waals surface area contributed by atoms with Crippen LogP contribution in [0.2, 0.25) is 0 Å². The number of rotatable bonds is 1. The predicted octanol–water partition coefficient (Wildman–Crippen LogP) is 1.08.